The Balaban J connectivity index is 2.02. The molecule has 0 amide bonds. The van der Waals surface area contributed by atoms with E-state index in [9.17, 15) is 10.1 Å². The van der Waals surface area contributed by atoms with Gasteiger partial charge in [-0.15, -0.1) is 0 Å². The summed E-state index contributed by atoms with van der Waals surface area (Å²) in [6.07, 6.45) is 2.33. The van der Waals surface area contributed by atoms with Crippen molar-refractivity contribution in [3.8, 4) is 5.75 Å². The van der Waals surface area contributed by atoms with Gasteiger partial charge in [-0.25, -0.2) is 0 Å². The average molecular weight is 293 g/mol. The smallest absolute Gasteiger partial charge is 0.270 e. The third-order valence-electron chi connectivity index (χ3n) is 4.07. The maximum Gasteiger partial charge on any atom is 0.270 e. The van der Waals surface area contributed by atoms with Gasteiger partial charge < -0.3 is 10.1 Å². The van der Waals surface area contributed by atoms with E-state index in [2.05, 4.69) is 10.2 Å². The number of benzene rings is 1. The number of nitrogens with one attached hydrogen (secondary N) is 1. The van der Waals surface area contributed by atoms with Gasteiger partial charge in [-0.2, -0.15) is 0 Å². The van der Waals surface area contributed by atoms with E-state index in [1.165, 1.54) is 6.07 Å². The predicted octanol–water partition coefficient (Wildman–Crippen LogP) is 2.03. The number of likely N-dealkylation sites (tertiary alicyclic amines) is 1. The van der Waals surface area contributed by atoms with Crippen LogP contribution in [0.1, 0.15) is 18.4 Å². The molecule has 0 radical (unpaired) electrons. The molecule has 0 bridgehead atoms. The molecule has 0 spiro atoms. The molecule has 1 aromatic carbocycles. The highest BCUT2D eigenvalue weighted by molar-refractivity contribution is 5.43. The monoisotopic (exact) mass is 293 g/mol. The molecule has 0 unspecified atom stereocenters. The first kappa shape index (κ1) is 15.7. The van der Waals surface area contributed by atoms with Crippen LogP contribution in [0.2, 0.25) is 0 Å². The van der Waals surface area contributed by atoms with Crippen molar-refractivity contribution >= 4 is 5.69 Å². The Morgan fingerprint density at radius 1 is 1.43 bits per heavy atom. The summed E-state index contributed by atoms with van der Waals surface area (Å²) in [5.41, 5.74) is 1.01. The van der Waals surface area contributed by atoms with Crippen LogP contribution in [0.5, 0.6) is 5.75 Å². The molecule has 1 aliphatic rings. The summed E-state index contributed by atoms with van der Waals surface area (Å²) >= 11 is 0. The lowest BCUT2D eigenvalue weighted by atomic mass is 9.96. The van der Waals surface area contributed by atoms with Gasteiger partial charge in [0, 0.05) is 24.2 Å². The molecule has 0 saturated carbocycles. The highest BCUT2D eigenvalue weighted by atomic mass is 16.6. The molecule has 21 heavy (non-hydrogen) atoms. The van der Waals surface area contributed by atoms with Crippen molar-refractivity contribution in [2.24, 2.45) is 5.92 Å². The lowest BCUT2D eigenvalue weighted by Gasteiger charge is -2.32. The van der Waals surface area contributed by atoms with Gasteiger partial charge in [0.15, 0.2) is 0 Å². The van der Waals surface area contributed by atoms with Crippen LogP contribution in [0.25, 0.3) is 0 Å². The van der Waals surface area contributed by atoms with Gasteiger partial charge in [0.25, 0.3) is 5.69 Å². The summed E-state index contributed by atoms with van der Waals surface area (Å²) in [4.78, 5) is 12.9. The van der Waals surface area contributed by atoms with Gasteiger partial charge in [0.05, 0.1) is 12.0 Å². The van der Waals surface area contributed by atoms with Crippen molar-refractivity contribution in [1.29, 1.82) is 0 Å². The molecule has 6 heteroatoms. The maximum absolute atomic E-state index is 10.9. The molecule has 1 fully saturated rings. The lowest BCUT2D eigenvalue weighted by molar-refractivity contribution is -0.385. The molecule has 1 aromatic rings. The van der Waals surface area contributed by atoms with Crippen molar-refractivity contribution in [3.05, 3.63) is 33.9 Å². The number of nitrogens with zero attached hydrogens (tertiary/aromatic N) is 2. The first-order valence-corrected chi connectivity index (χ1v) is 7.32. The van der Waals surface area contributed by atoms with Crippen molar-refractivity contribution < 1.29 is 9.66 Å². The molecule has 0 atom stereocenters. The summed E-state index contributed by atoms with van der Waals surface area (Å²) in [6.45, 7) is 3.82. The van der Waals surface area contributed by atoms with E-state index < -0.39 is 0 Å². The van der Waals surface area contributed by atoms with Crippen LogP contribution < -0.4 is 10.1 Å². The van der Waals surface area contributed by atoms with Gasteiger partial charge in [-0.05, 0) is 51.5 Å². The molecule has 6 nitrogen and oxygen atoms in total. The van der Waals surface area contributed by atoms with Crippen molar-refractivity contribution in [3.63, 3.8) is 0 Å². The fourth-order valence-electron chi connectivity index (χ4n) is 2.88. The first-order chi connectivity index (χ1) is 10.1. The van der Waals surface area contributed by atoms with Crippen molar-refractivity contribution in [2.45, 2.75) is 19.4 Å². The molecule has 1 heterocycles. The third kappa shape index (κ3) is 4.15. The van der Waals surface area contributed by atoms with Crippen LogP contribution >= 0.6 is 0 Å². The molecule has 116 valence electrons. The summed E-state index contributed by atoms with van der Waals surface area (Å²) in [6, 6.07) is 4.79. The number of rotatable bonds is 6. The predicted molar refractivity (Wildman–Crippen MR) is 81.6 cm³/mol. The van der Waals surface area contributed by atoms with E-state index in [-0.39, 0.29) is 10.6 Å². The molecule has 0 aliphatic carbocycles. The number of piperidine rings is 1. The number of nitro groups is 1. The zero-order chi connectivity index (χ0) is 15.2. The molecule has 1 N–H and O–H groups in total. The molecular weight excluding hydrogens is 270 g/mol. The standard InChI is InChI=1S/C15H23N3O3/c1-16-10-12-5-7-17(8-6-12)11-13-9-14(18(19)20)3-4-15(13)21-2/h3-4,9,12,16H,5-8,10-11H2,1-2H3. The van der Waals surface area contributed by atoms with E-state index in [0.29, 0.717) is 6.54 Å². The Morgan fingerprint density at radius 2 is 2.14 bits per heavy atom. The van der Waals surface area contributed by atoms with Gasteiger partial charge in [0.1, 0.15) is 5.75 Å². The Bertz CT molecular complexity index is 485. The minimum absolute atomic E-state index is 0.121. The fraction of sp³-hybridized carbons (Fsp3) is 0.600. The van der Waals surface area contributed by atoms with Gasteiger partial charge in [-0.1, -0.05) is 0 Å². The number of hydrogen-bond donors (Lipinski definition) is 1. The molecule has 0 aromatic heterocycles. The minimum Gasteiger partial charge on any atom is -0.496 e. The van der Waals surface area contributed by atoms with E-state index in [0.717, 1.165) is 49.7 Å². The second-order valence-electron chi connectivity index (χ2n) is 5.53. The Morgan fingerprint density at radius 3 is 2.71 bits per heavy atom. The van der Waals surface area contributed by atoms with E-state index in [4.69, 9.17) is 4.74 Å². The Labute approximate surface area is 125 Å². The number of nitro benzene ring substituents is 1. The topological polar surface area (TPSA) is 67.6 Å². The summed E-state index contributed by atoms with van der Waals surface area (Å²) < 4.78 is 5.32. The zero-order valence-corrected chi connectivity index (χ0v) is 12.7. The van der Waals surface area contributed by atoms with Crippen LogP contribution in [0.15, 0.2) is 18.2 Å². The van der Waals surface area contributed by atoms with Crippen LogP contribution in [0.4, 0.5) is 5.69 Å². The van der Waals surface area contributed by atoms with Gasteiger partial charge in [0.2, 0.25) is 0 Å². The maximum atomic E-state index is 10.9. The summed E-state index contributed by atoms with van der Waals surface area (Å²) in [5, 5.41) is 14.1. The van der Waals surface area contributed by atoms with E-state index in [1.54, 1.807) is 19.2 Å². The quantitative estimate of drug-likeness (QED) is 0.642. The summed E-state index contributed by atoms with van der Waals surface area (Å²) in [7, 11) is 3.59. The number of methoxy groups -OCH3 is 1. The third-order valence-corrected chi connectivity index (χ3v) is 4.07. The SMILES string of the molecule is CNCC1CCN(Cc2cc([N+](=O)[O-])ccc2OC)CC1. The minimum atomic E-state index is -0.359. The normalized spacial score (nSPS) is 16.9. The second-order valence-corrected chi connectivity index (χ2v) is 5.53. The van der Waals surface area contributed by atoms with Gasteiger partial charge in [-0.3, -0.25) is 15.0 Å². The number of non-ortho nitro benzene ring substituents is 1. The molecule has 2 rings (SSSR count). The van der Waals surface area contributed by atoms with Crippen LogP contribution in [-0.2, 0) is 6.54 Å². The highest BCUT2D eigenvalue weighted by Crippen LogP contribution is 2.27. The second kappa shape index (κ2) is 7.38. The van der Waals surface area contributed by atoms with Gasteiger partial charge >= 0.3 is 0 Å². The Hall–Kier alpha value is -1.66. The summed E-state index contributed by atoms with van der Waals surface area (Å²) in [5.74, 6) is 1.45. The molecule has 1 aliphatic heterocycles. The van der Waals surface area contributed by atoms with Crippen molar-refractivity contribution in [2.75, 3.05) is 33.8 Å². The van der Waals surface area contributed by atoms with Crippen molar-refractivity contribution in [1.82, 2.24) is 10.2 Å². The lowest BCUT2D eigenvalue weighted by Crippen LogP contribution is -2.36. The number of ether oxygens (including phenoxy) is 1. The van der Waals surface area contributed by atoms with Crippen LogP contribution in [0.3, 0.4) is 0 Å². The van der Waals surface area contributed by atoms with E-state index in [1.807, 2.05) is 7.05 Å². The molecular formula is C15H23N3O3. The average Bonchev–Trinajstić information content (AvgIpc) is 2.49. The van der Waals surface area contributed by atoms with E-state index >= 15 is 0 Å². The fourth-order valence-corrected chi connectivity index (χ4v) is 2.88. The number of hydrogen-bond acceptors (Lipinski definition) is 5. The molecule has 1 saturated heterocycles. The Kier molecular flexibility index (Phi) is 5.52. The highest BCUT2D eigenvalue weighted by Gasteiger charge is 2.20. The van der Waals surface area contributed by atoms with Crippen LogP contribution in [0, 0.1) is 16.0 Å². The zero-order valence-electron chi connectivity index (χ0n) is 12.7. The van der Waals surface area contributed by atoms with Crippen LogP contribution in [-0.4, -0.2) is 43.6 Å². The largest absolute Gasteiger partial charge is 0.496 e. The first-order valence-electron chi connectivity index (χ1n) is 7.32.